The molecule has 0 spiro atoms. The predicted octanol–water partition coefficient (Wildman–Crippen LogP) is 3.31. The first-order valence-electron chi connectivity index (χ1n) is 7.26. The van der Waals surface area contributed by atoms with Crippen molar-refractivity contribution in [2.75, 3.05) is 13.1 Å². The van der Waals surface area contributed by atoms with Crippen LogP contribution in [0.25, 0.3) is 0 Å². The number of halogens is 1. The molecule has 1 heterocycles. The summed E-state index contributed by atoms with van der Waals surface area (Å²) in [6, 6.07) is 6.31. The molecule has 1 aromatic heterocycles. The van der Waals surface area contributed by atoms with Crippen LogP contribution in [0.3, 0.4) is 0 Å². The minimum Gasteiger partial charge on any atom is -0.337 e. The van der Waals surface area contributed by atoms with E-state index in [-0.39, 0.29) is 12.5 Å². The Labute approximate surface area is 143 Å². The zero-order chi connectivity index (χ0) is 16.2. The Morgan fingerprint density at radius 2 is 2.41 bits per heavy atom. The van der Waals surface area contributed by atoms with Gasteiger partial charge < -0.3 is 5.32 Å². The number of rotatable bonds is 8. The number of hydrogen-bond donors (Lipinski definition) is 1. The number of nitrogens with one attached hydrogen (secondary N) is 1. The Kier molecular flexibility index (Phi) is 5.79. The maximum Gasteiger partial charge on any atom is 0.235 e. The van der Waals surface area contributed by atoms with Crippen LogP contribution >= 0.6 is 27.3 Å². The lowest BCUT2D eigenvalue weighted by molar-refractivity contribution is -0.123. The van der Waals surface area contributed by atoms with Crippen LogP contribution in [-0.2, 0) is 11.3 Å². The van der Waals surface area contributed by atoms with Gasteiger partial charge in [0.2, 0.25) is 5.91 Å². The molecule has 1 atom stereocenters. The highest BCUT2D eigenvalue weighted by Gasteiger charge is 2.43. The highest BCUT2D eigenvalue weighted by molar-refractivity contribution is 9.11. The van der Waals surface area contributed by atoms with Gasteiger partial charge in [0.15, 0.2) is 0 Å². The minimum absolute atomic E-state index is 0.103. The molecule has 0 saturated heterocycles. The molecule has 0 radical (unpaired) electrons. The Balaban J connectivity index is 1.93. The van der Waals surface area contributed by atoms with Gasteiger partial charge in [-0.2, -0.15) is 5.26 Å². The van der Waals surface area contributed by atoms with E-state index in [9.17, 15) is 10.1 Å². The van der Waals surface area contributed by atoms with E-state index in [0.717, 1.165) is 16.6 Å². The fourth-order valence-electron chi connectivity index (χ4n) is 2.44. The first kappa shape index (κ1) is 17.2. The van der Waals surface area contributed by atoms with Gasteiger partial charge in [0.05, 0.1) is 16.4 Å². The van der Waals surface area contributed by atoms with Gasteiger partial charge in [-0.3, -0.25) is 9.69 Å². The largest absolute Gasteiger partial charge is 0.337 e. The average Bonchev–Trinajstić information content (AvgIpc) is 3.24. The van der Waals surface area contributed by atoms with E-state index in [1.165, 1.54) is 4.88 Å². The van der Waals surface area contributed by atoms with Gasteiger partial charge in [0, 0.05) is 18.0 Å². The van der Waals surface area contributed by atoms with Crippen molar-refractivity contribution >= 4 is 33.2 Å². The molecule has 118 valence electrons. The topological polar surface area (TPSA) is 56.1 Å². The van der Waals surface area contributed by atoms with Gasteiger partial charge in [-0.15, -0.1) is 17.9 Å². The molecule has 4 nitrogen and oxygen atoms in total. The summed E-state index contributed by atoms with van der Waals surface area (Å²) in [4.78, 5) is 15.5. The second-order valence-corrected chi connectivity index (χ2v) is 8.35. The summed E-state index contributed by atoms with van der Waals surface area (Å²) in [6.07, 6.45) is 3.83. The van der Waals surface area contributed by atoms with E-state index in [0.29, 0.717) is 19.0 Å². The van der Waals surface area contributed by atoms with Crippen molar-refractivity contribution in [3.63, 3.8) is 0 Å². The number of carbonyl (C=O) groups excluding carboxylic acids is 1. The Morgan fingerprint density at radius 3 is 2.91 bits per heavy atom. The van der Waals surface area contributed by atoms with Crippen LogP contribution in [0.5, 0.6) is 0 Å². The van der Waals surface area contributed by atoms with Crippen LogP contribution in [0, 0.1) is 17.2 Å². The fourth-order valence-corrected chi connectivity index (χ4v) is 3.96. The monoisotopic (exact) mass is 381 g/mol. The highest BCUT2D eigenvalue weighted by Crippen LogP contribution is 2.39. The normalized spacial score (nSPS) is 16.8. The molecule has 1 amide bonds. The SMILES string of the molecule is C=CCN(CC(=O)N[C@](C)(C#N)C1CC1)Cc1ccc(Br)s1. The van der Waals surface area contributed by atoms with Gasteiger partial charge in [-0.1, -0.05) is 6.08 Å². The van der Waals surface area contributed by atoms with Crippen molar-refractivity contribution in [1.29, 1.82) is 5.26 Å². The molecule has 22 heavy (non-hydrogen) atoms. The number of hydrogen-bond acceptors (Lipinski definition) is 4. The second-order valence-electron chi connectivity index (χ2n) is 5.80. The first-order valence-corrected chi connectivity index (χ1v) is 8.87. The van der Waals surface area contributed by atoms with Crippen molar-refractivity contribution in [2.45, 2.75) is 31.8 Å². The summed E-state index contributed by atoms with van der Waals surface area (Å²) >= 11 is 5.11. The molecule has 1 fully saturated rings. The van der Waals surface area contributed by atoms with Crippen molar-refractivity contribution in [1.82, 2.24) is 10.2 Å². The van der Waals surface area contributed by atoms with E-state index in [2.05, 4.69) is 33.9 Å². The number of thiophene rings is 1. The molecule has 6 heteroatoms. The summed E-state index contributed by atoms with van der Waals surface area (Å²) in [5.41, 5.74) is -0.733. The fraction of sp³-hybridized carbons (Fsp3) is 0.500. The Bertz CT molecular complexity index is 590. The van der Waals surface area contributed by atoms with Crippen LogP contribution in [0.15, 0.2) is 28.6 Å². The lowest BCUT2D eigenvalue weighted by Crippen LogP contribution is -2.50. The quantitative estimate of drug-likeness (QED) is 0.702. The zero-order valence-electron chi connectivity index (χ0n) is 12.6. The average molecular weight is 382 g/mol. The van der Waals surface area contributed by atoms with E-state index in [1.807, 2.05) is 24.0 Å². The number of amides is 1. The smallest absolute Gasteiger partial charge is 0.235 e. The number of carbonyl (C=O) groups is 1. The summed E-state index contributed by atoms with van der Waals surface area (Å²) in [6.45, 7) is 7.17. The second kappa shape index (κ2) is 7.40. The van der Waals surface area contributed by atoms with Crippen LogP contribution in [0.1, 0.15) is 24.6 Å². The van der Waals surface area contributed by atoms with E-state index in [1.54, 1.807) is 17.4 Å². The van der Waals surface area contributed by atoms with Gasteiger partial charge in [-0.05, 0) is 53.7 Å². The van der Waals surface area contributed by atoms with Crippen molar-refractivity contribution in [2.24, 2.45) is 5.92 Å². The lowest BCUT2D eigenvalue weighted by Gasteiger charge is -2.25. The van der Waals surface area contributed by atoms with Crippen LogP contribution in [0.2, 0.25) is 0 Å². The summed E-state index contributed by atoms with van der Waals surface area (Å²) in [5.74, 6) is 0.191. The molecule has 0 unspecified atom stereocenters. The molecule has 2 rings (SSSR count). The highest BCUT2D eigenvalue weighted by atomic mass is 79.9. The van der Waals surface area contributed by atoms with Crippen LogP contribution in [-0.4, -0.2) is 29.4 Å². The number of nitrogens with zero attached hydrogens (tertiary/aromatic N) is 2. The van der Waals surface area contributed by atoms with E-state index >= 15 is 0 Å². The maximum atomic E-state index is 12.3. The molecule has 1 aliphatic rings. The predicted molar refractivity (Wildman–Crippen MR) is 92.4 cm³/mol. The standard InChI is InChI=1S/C16H20BrN3OS/c1-3-8-20(9-13-6-7-14(17)22-13)10-15(21)19-16(2,11-18)12-4-5-12/h3,6-7,12H,1,4-5,8-10H2,2H3,(H,19,21)/t16-/m1/s1. The Hall–Kier alpha value is -1.16. The molecule has 0 aliphatic heterocycles. The summed E-state index contributed by atoms with van der Waals surface area (Å²) in [7, 11) is 0. The third-order valence-electron chi connectivity index (χ3n) is 3.79. The molecule has 1 aliphatic carbocycles. The third-order valence-corrected chi connectivity index (χ3v) is 5.40. The maximum absolute atomic E-state index is 12.3. The lowest BCUT2D eigenvalue weighted by atomic mass is 9.98. The number of nitriles is 1. The van der Waals surface area contributed by atoms with Crippen molar-refractivity contribution in [3.8, 4) is 6.07 Å². The van der Waals surface area contributed by atoms with E-state index < -0.39 is 5.54 Å². The zero-order valence-corrected chi connectivity index (χ0v) is 15.0. The molecule has 1 N–H and O–H groups in total. The van der Waals surface area contributed by atoms with Crippen LogP contribution < -0.4 is 5.32 Å². The van der Waals surface area contributed by atoms with Gasteiger partial charge in [0.1, 0.15) is 5.54 Å². The Morgan fingerprint density at radius 1 is 1.68 bits per heavy atom. The third kappa shape index (κ3) is 4.67. The summed E-state index contributed by atoms with van der Waals surface area (Å²) < 4.78 is 1.08. The molecule has 0 aromatic carbocycles. The molecule has 1 aromatic rings. The molecular formula is C16H20BrN3OS. The van der Waals surface area contributed by atoms with Gasteiger partial charge in [-0.25, -0.2) is 0 Å². The van der Waals surface area contributed by atoms with Gasteiger partial charge in [0.25, 0.3) is 0 Å². The molecule has 1 saturated carbocycles. The van der Waals surface area contributed by atoms with E-state index in [4.69, 9.17) is 0 Å². The van der Waals surface area contributed by atoms with Crippen LogP contribution in [0.4, 0.5) is 0 Å². The minimum atomic E-state index is -0.733. The van der Waals surface area contributed by atoms with Gasteiger partial charge >= 0.3 is 0 Å². The van der Waals surface area contributed by atoms with Crippen molar-refractivity contribution in [3.05, 3.63) is 33.5 Å². The molecular weight excluding hydrogens is 362 g/mol. The first-order chi connectivity index (χ1) is 10.5. The summed E-state index contributed by atoms with van der Waals surface area (Å²) in [5, 5.41) is 12.2. The molecule has 0 bridgehead atoms. The van der Waals surface area contributed by atoms with Crippen molar-refractivity contribution < 1.29 is 4.79 Å².